The Morgan fingerprint density at radius 1 is 1.36 bits per heavy atom. The molecule has 5 heteroatoms. The summed E-state index contributed by atoms with van der Waals surface area (Å²) in [5.74, 6) is 0.0853. The van der Waals surface area contributed by atoms with Gasteiger partial charge in [0.25, 0.3) is 3.90 Å². The highest BCUT2D eigenvalue weighted by Crippen LogP contribution is 2.23. The van der Waals surface area contributed by atoms with Crippen LogP contribution in [0, 0.1) is 16.6 Å². The number of halogens is 2. The van der Waals surface area contributed by atoms with Crippen LogP contribution in [0.15, 0.2) is 22.6 Å². The fourth-order valence-electron chi connectivity index (χ4n) is 1.15. The Kier molecular flexibility index (Phi) is 2.49. The van der Waals surface area contributed by atoms with Crippen LogP contribution in [-0.4, -0.2) is 10.2 Å². The molecule has 0 atom stereocenters. The van der Waals surface area contributed by atoms with Gasteiger partial charge >= 0.3 is 0 Å². The molecule has 0 saturated carbocycles. The largest absolute Gasteiger partial charge is 0.412 e. The van der Waals surface area contributed by atoms with E-state index in [0.29, 0.717) is 20.9 Å². The fraction of sp³-hybridized carbons (Fsp3) is 0.111. The molecule has 3 nitrogen and oxygen atoms in total. The van der Waals surface area contributed by atoms with Crippen LogP contribution in [0.25, 0.3) is 11.5 Å². The monoisotopic (exact) mass is 304 g/mol. The van der Waals surface area contributed by atoms with Gasteiger partial charge in [-0.25, -0.2) is 4.39 Å². The number of hydrogen-bond acceptors (Lipinski definition) is 3. The summed E-state index contributed by atoms with van der Waals surface area (Å²) < 4.78 is 18.8. The molecule has 2 rings (SSSR count). The number of rotatable bonds is 1. The molecule has 0 fully saturated rings. The predicted molar refractivity (Wildman–Crippen MR) is 57.1 cm³/mol. The SMILES string of the molecule is Cc1c(F)cccc1-c1nnc(I)o1. The summed E-state index contributed by atoms with van der Waals surface area (Å²) in [6, 6.07) is 4.77. The number of benzene rings is 1. The number of nitrogens with zero attached hydrogens (tertiary/aromatic N) is 2. The van der Waals surface area contributed by atoms with Gasteiger partial charge in [-0.1, -0.05) is 6.07 Å². The van der Waals surface area contributed by atoms with Crippen molar-refractivity contribution in [3.63, 3.8) is 0 Å². The minimum Gasteiger partial charge on any atom is -0.412 e. The lowest BCUT2D eigenvalue weighted by Crippen LogP contribution is -1.87. The molecule has 1 heterocycles. The van der Waals surface area contributed by atoms with E-state index in [-0.39, 0.29) is 5.82 Å². The van der Waals surface area contributed by atoms with Gasteiger partial charge in [0.2, 0.25) is 5.89 Å². The first-order valence-electron chi connectivity index (χ1n) is 3.93. The smallest absolute Gasteiger partial charge is 0.278 e. The van der Waals surface area contributed by atoms with Gasteiger partial charge in [0.15, 0.2) is 0 Å². The Balaban J connectivity index is 2.57. The van der Waals surface area contributed by atoms with Gasteiger partial charge in [-0.15, -0.1) is 10.2 Å². The van der Waals surface area contributed by atoms with Crippen LogP contribution < -0.4 is 0 Å². The van der Waals surface area contributed by atoms with Gasteiger partial charge in [0.05, 0.1) is 0 Å². The van der Waals surface area contributed by atoms with Crippen molar-refractivity contribution in [2.75, 3.05) is 0 Å². The molecular weight excluding hydrogens is 298 g/mol. The highest BCUT2D eigenvalue weighted by molar-refractivity contribution is 14.1. The van der Waals surface area contributed by atoms with Crippen molar-refractivity contribution < 1.29 is 8.81 Å². The van der Waals surface area contributed by atoms with Crippen LogP contribution in [0.1, 0.15) is 5.56 Å². The second-order valence-electron chi connectivity index (χ2n) is 2.77. The maximum Gasteiger partial charge on any atom is 0.278 e. The van der Waals surface area contributed by atoms with E-state index in [1.165, 1.54) is 6.07 Å². The van der Waals surface area contributed by atoms with Crippen molar-refractivity contribution >= 4 is 22.6 Å². The Morgan fingerprint density at radius 3 is 2.79 bits per heavy atom. The van der Waals surface area contributed by atoms with Gasteiger partial charge in [-0.2, -0.15) is 0 Å². The normalized spacial score (nSPS) is 10.5. The zero-order valence-corrected chi connectivity index (χ0v) is 9.45. The first-order chi connectivity index (χ1) is 6.68. The quantitative estimate of drug-likeness (QED) is 0.761. The van der Waals surface area contributed by atoms with E-state index in [1.54, 1.807) is 19.1 Å². The van der Waals surface area contributed by atoms with E-state index < -0.39 is 0 Å². The minimum absolute atomic E-state index is 0.268. The average Bonchev–Trinajstić information content (AvgIpc) is 2.57. The highest BCUT2D eigenvalue weighted by Gasteiger charge is 2.11. The minimum atomic E-state index is -0.268. The summed E-state index contributed by atoms with van der Waals surface area (Å²) in [5.41, 5.74) is 1.16. The van der Waals surface area contributed by atoms with Crippen molar-refractivity contribution in [3.05, 3.63) is 33.5 Å². The zero-order chi connectivity index (χ0) is 10.1. The van der Waals surface area contributed by atoms with Crippen LogP contribution >= 0.6 is 22.6 Å². The standard InChI is InChI=1S/C9H6FIN2O/c1-5-6(3-2-4-7(5)10)8-12-13-9(11)14-8/h2-4H,1H3. The maximum absolute atomic E-state index is 13.2. The Morgan fingerprint density at radius 2 is 2.14 bits per heavy atom. The molecule has 2 aromatic rings. The highest BCUT2D eigenvalue weighted by atomic mass is 127. The third kappa shape index (κ3) is 1.63. The topological polar surface area (TPSA) is 38.9 Å². The average molecular weight is 304 g/mol. The first kappa shape index (κ1) is 9.57. The van der Waals surface area contributed by atoms with Crippen LogP contribution in [0.3, 0.4) is 0 Å². The summed E-state index contributed by atoms with van der Waals surface area (Å²) >= 11 is 1.91. The van der Waals surface area contributed by atoms with Crippen molar-refractivity contribution in [1.82, 2.24) is 10.2 Å². The molecule has 14 heavy (non-hydrogen) atoms. The zero-order valence-electron chi connectivity index (χ0n) is 7.29. The van der Waals surface area contributed by atoms with E-state index >= 15 is 0 Å². The van der Waals surface area contributed by atoms with Gasteiger partial charge in [-0.05, 0) is 24.6 Å². The maximum atomic E-state index is 13.2. The molecule has 0 radical (unpaired) electrons. The molecule has 0 spiro atoms. The first-order valence-corrected chi connectivity index (χ1v) is 5.01. The lowest BCUT2D eigenvalue weighted by atomic mass is 10.1. The summed E-state index contributed by atoms with van der Waals surface area (Å²) in [5, 5.41) is 7.51. The van der Waals surface area contributed by atoms with Crippen LogP contribution in [0.4, 0.5) is 4.39 Å². The number of hydrogen-bond donors (Lipinski definition) is 0. The molecule has 0 aliphatic rings. The third-order valence-corrected chi connectivity index (χ3v) is 2.33. The summed E-state index contributed by atoms with van der Waals surface area (Å²) in [4.78, 5) is 0. The molecule has 1 aromatic heterocycles. The van der Waals surface area contributed by atoms with Crippen molar-refractivity contribution in [1.29, 1.82) is 0 Å². The van der Waals surface area contributed by atoms with Gasteiger partial charge in [0.1, 0.15) is 5.82 Å². The van der Waals surface area contributed by atoms with E-state index in [0.717, 1.165) is 0 Å². The third-order valence-electron chi connectivity index (χ3n) is 1.90. The molecule has 72 valence electrons. The van der Waals surface area contributed by atoms with E-state index in [2.05, 4.69) is 10.2 Å². The van der Waals surface area contributed by atoms with E-state index in [1.807, 2.05) is 22.6 Å². The van der Waals surface area contributed by atoms with Gasteiger partial charge in [-0.3, -0.25) is 0 Å². The van der Waals surface area contributed by atoms with E-state index in [9.17, 15) is 4.39 Å². The molecule has 0 aliphatic carbocycles. The second kappa shape index (κ2) is 3.64. The molecule has 0 aliphatic heterocycles. The molecule has 0 unspecified atom stereocenters. The second-order valence-corrected chi connectivity index (χ2v) is 3.70. The Bertz CT molecular complexity index is 470. The van der Waals surface area contributed by atoms with Gasteiger partial charge in [0, 0.05) is 28.2 Å². The lowest BCUT2D eigenvalue weighted by molar-refractivity contribution is 0.535. The molecule has 0 N–H and O–H groups in total. The van der Waals surface area contributed by atoms with Crippen molar-refractivity contribution in [2.24, 2.45) is 0 Å². The van der Waals surface area contributed by atoms with Crippen molar-refractivity contribution in [2.45, 2.75) is 6.92 Å². The fourth-order valence-corrected chi connectivity index (χ4v) is 1.47. The number of aromatic nitrogens is 2. The molecule has 0 amide bonds. The molecule has 0 bridgehead atoms. The van der Waals surface area contributed by atoms with Crippen molar-refractivity contribution in [3.8, 4) is 11.5 Å². The van der Waals surface area contributed by atoms with E-state index in [4.69, 9.17) is 4.42 Å². The summed E-state index contributed by atoms with van der Waals surface area (Å²) in [6.45, 7) is 1.68. The predicted octanol–water partition coefficient (Wildman–Crippen LogP) is 2.79. The van der Waals surface area contributed by atoms with Crippen LogP contribution in [0.2, 0.25) is 0 Å². The molecule has 1 aromatic carbocycles. The van der Waals surface area contributed by atoms with Crippen LogP contribution in [0.5, 0.6) is 0 Å². The lowest BCUT2D eigenvalue weighted by Gasteiger charge is -2.00. The Labute approximate surface area is 93.5 Å². The molecular formula is C9H6FIN2O. The van der Waals surface area contributed by atoms with Gasteiger partial charge < -0.3 is 4.42 Å². The summed E-state index contributed by atoms with van der Waals surface area (Å²) in [7, 11) is 0. The summed E-state index contributed by atoms with van der Waals surface area (Å²) in [6.07, 6.45) is 0. The van der Waals surface area contributed by atoms with Crippen LogP contribution in [-0.2, 0) is 0 Å². The molecule has 0 saturated heterocycles. The Hall–Kier alpha value is -0.980.